The molecule has 0 radical (unpaired) electrons. The molecular weight excluding hydrogens is 426 g/mol. The Labute approximate surface area is 189 Å². The van der Waals surface area contributed by atoms with E-state index < -0.39 is 17.5 Å². The molecule has 0 saturated carbocycles. The standard InChI is InChI=1S/C25H24F2N4O2/c1-14-23(25(33)31(29(14)4)18-8-6-5-7-9-18)21-15(2)30(16(3)22(21)24(28)32)13-17-10-11-19(26)20(27)12-17/h5-12H,13H2,1-4H3,(H2,28,32). The van der Waals surface area contributed by atoms with Crippen molar-refractivity contribution in [2.45, 2.75) is 27.3 Å². The molecule has 0 unspecified atom stereocenters. The zero-order chi connectivity index (χ0) is 24.0. The van der Waals surface area contributed by atoms with Crippen LogP contribution in [0.5, 0.6) is 0 Å². The van der Waals surface area contributed by atoms with Crippen LogP contribution in [0.4, 0.5) is 8.78 Å². The molecule has 0 aliphatic carbocycles. The van der Waals surface area contributed by atoms with Gasteiger partial charge in [0.25, 0.3) is 11.5 Å². The molecule has 170 valence electrons. The predicted molar refractivity (Wildman–Crippen MR) is 123 cm³/mol. The van der Waals surface area contributed by atoms with Gasteiger partial charge in [-0.25, -0.2) is 13.5 Å². The second kappa shape index (κ2) is 8.20. The van der Waals surface area contributed by atoms with E-state index in [-0.39, 0.29) is 17.7 Å². The van der Waals surface area contributed by atoms with E-state index in [0.29, 0.717) is 39.5 Å². The van der Waals surface area contributed by atoms with Gasteiger partial charge >= 0.3 is 0 Å². The quantitative estimate of drug-likeness (QED) is 0.499. The first-order valence-electron chi connectivity index (χ1n) is 10.4. The number of para-hydroxylation sites is 1. The minimum atomic E-state index is -0.949. The second-order valence-corrected chi connectivity index (χ2v) is 8.06. The van der Waals surface area contributed by atoms with Crippen LogP contribution in [0, 0.1) is 32.4 Å². The highest BCUT2D eigenvalue weighted by Gasteiger charge is 2.28. The van der Waals surface area contributed by atoms with Gasteiger partial charge < -0.3 is 10.3 Å². The number of carbonyl (C=O) groups is 1. The summed E-state index contributed by atoms with van der Waals surface area (Å²) in [5.74, 6) is -2.54. The number of amides is 1. The Morgan fingerprint density at radius 1 is 0.909 bits per heavy atom. The van der Waals surface area contributed by atoms with Gasteiger partial charge in [-0.1, -0.05) is 24.3 Å². The maximum Gasteiger partial charge on any atom is 0.279 e. The van der Waals surface area contributed by atoms with E-state index >= 15 is 0 Å². The van der Waals surface area contributed by atoms with E-state index in [4.69, 9.17) is 5.73 Å². The van der Waals surface area contributed by atoms with Gasteiger partial charge in [0.1, 0.15) is 0 Å². The number of carbonyl (C=O) groups excluding carboxylic acids is 1. The Morgan fingerprint density at radius 2 is 1.58 bits per heavy atom. The van der Waals surface area contributed by atoms with E-state index in [1.165, 1.54) is 10.7 Å². The van der Waals surface area contributed by atoms with Crippen LogP contribution in [0.15, 0.2) is 53.3 Å². The Morgan fingerprint density at radius 3 is 2.18 bits per heavy atom. The number of nitrogens with two attached hydrogens (primary N) is 1. The summed E-state index contributed by atoms with van der Waals surface area (Å²) in [4.78, 5) is 26.1. The number of nitrogens with zero attached hydrogens (tertiary/aromatic N) is 3. The number of hydrogen-bond donors (Lipinski definition) is 1. The van der Waals surface area contributed by atoms with Crippen molar-refractivity contribution in [3.05, 3.63) is 98.7 Å². The smallest absolute Gasteiger partial charge is 0.279 e. The first-order chi connectivity index (χ1) is 15.6. The van der Waals surface area contributed by atoms with Crippen molar-refractivity contribution in [1.29, 1.82) is 0 Å². The Bertz CT molecular complexity index is 1450. The fraction of sp³-hybridized carbons (Fsp3) is 0.200. The summed E-state index contributed by atoms with van der Waals surface area (Å²) < 4.78 is 32.2. The SMILES string of the molecule is Cc1c(C(N)=O)c(-c2c(C)n(C)n(-c3ccccc3)c2=O)c(C)n1Cc1ccc(F)c(F)c1. The molecule has 4 aromatic rings. The molecule has 8 heteroatoms. The maximum absolute atomic E-state index is 13.8. The molecule has 0 aliphatic rings. The van der Waals surface area contributed by atoms with Crippen LogP contribution in [0.1, 0.15) is 33.0 Å². The largest absolute Gasteiger partial charge is 0.366 e. The normalized spacial score (nSPS) is 11.2. The van der Waals surface area contributed by atoms with Crippen LogP contribution in [-0.2, 0) is 13.6 Å². The van der Waals surface area contributed by atoms with Crippen LogP contribution in [0.2, 0.25) is 0 Å². The molecule has 2 N–H and O–H groups in total. The number of benzene rings is 2. The molecule has 0 spiro atoms. The van der Waals surface area contributed by atoms with Crippen molar-refractivity contribution >= 4 is 5.91 Å². The summed E-state index contributed by atoms with van der Waals surface area (Å²) >= 11 is 0. The van der Waals surface area contributed by atoms with E-state index in [9.17, 15) is 18.4 Å². The van der Waals surface area contributed by atoms with Gasteiger partial charge in [-0.3, -0.25) is 14.3 Å². The second-order valence-electron chi connectivity index (χ2n) is 8.06. The first-order valence-corrected chi connectivity index (χ1v) is 10.4. The summed E-state index contributed by atoms with van der Waals surface area (Å²) in [6.07, 6.45) is 0. The van der Waals surface area contributed by atoms with E-state index in [1.54, 1.807) is 30.1 Å². The highest BCUT2D eigenvalue weighted by molar-refractivity contribution is 6.02. The highest BCUT2D eigenvalue weighted by atomic mass is 19.2. The molecule has 1 amide bonds. The third-order valence-electron chi connectivity index (χ3n) is 6.16. The summed E-state index contributed by atoms with van der Waals surface area (Å²) in [6, 6.07) is 12.9. The van der Waals surface area contributed by atoms with Crippen LogP contribution >= 0.6 is 0 Å². The molecule has 2 aromatic heterocycles. The number of primary amides is 1. The Balaban J connectivity index is 1.96. The molecule has 0 bridgehead atoms. The average molecular weight is 450 g/mol. The van der Waals surface area contributed by atoms with Gasteiger partial charge in [0.05, 0.1) is 16.8 Å². The van der Waals surface area contributed by atoms with E-state index in [2.05, 4.69) is 0 Å². The lowest BCUT2D eigenvalue weighted by atomic mass is 10.0. The lowest BCUT2D eigenvalue weighted by molar-refractivity contribution is 0.1000. The zero-order valence-electron chi connectivity index (χ0n) is 18.8. The molecule has 4 rings (SSSR count). The summed E-state index contributed by atoms with van der Waals surface area (Å²) in [7, 11) is 1.78. The van der Waals surface area contributed by atoms with E-state index in [1.807, 2.05) is 37.3 Å². The van der Waals surface area contributed by atoms with Gasteiger partial charge in [-0.15, -0.1) is 0 Å². The molecule has 2 heterocycles. The molecule has 33 heavy (non-hydrogen) atoms. The monoisotopic (exact) mass is 450 g/mol. The number of rotatable bonds is 5. The fourth-order valence-electron chi connectivity index (χ4n) is 4.40. The molecule has 2 aromatic carbocycles. The lowest BCUT2D eigenvalue weighted by Crippen LogP contribution is -2.20. The van der Waals surface area contributed by atoms with Crippen LogP contribution in [0.3, 0.4) is 0 Å². The summed E-state index contributed by atoms with van der Waals surface area (Å²) in [5.41, 5.74) is 9.60. The highest BCUT2D eigenvalue weighted by Crippen LogP contribution is 2.33. The molecule has 6 nitrogen and oxygen atoms in total. The molecule has 0 fully saturated rings. The third kappa shape index (κ3) is 3.57. The topological polar surface area (TPSA) is 75.0 Å². The average Bonchev–Trinajstić information content (AvgIpc) is 3.14. The number of halogens is 2. The van der Waals surface area contributed by atoms with Gasteiger partial charge in [0, 0.05) is 36.2 Å². The summed E-state index contributed by atoms with van der Waals surface area (Å²) in [5, 5.41) is 0. The summed E-state index contributed by atoms with van der Waals surface area (Å²) in [6.45, 7) is 5.51. The van der Waals surface area contributed by atoms with Crippen LogP contribution in [0.25, 0.3) is 16.8 Å². The van der Waals surface area contributed by atoms with Gasteiger partial charge in [0.2, 0.25) is 0 Å². The van der Waals surface area contributed by atoms with Crippen LogP contribution in [-0.4, -0.2) is 19.8 Å². The van der Waals surface area contributed by atoms with Crippen molar-refractivity contribution in [3.63, 3.8) is 0 Å². The van der Waals surface area contributed by atoms with Gasteiger partial charge in [-0.05, 0) is 50.6 Å². The van der Waals surface area contributed by atoms with Crippen molar-refractivity contribution in [1.82, 2.24) is 13.9 Å². The Hall–Kier alpha value is -3.94. The predicted octanol–water partition coefficient (Wildman–Crippen LogP) is 4.00. The third-order valence-corrected chi connectivity index (χ3v) is 6.16. The van der Waals surface area contributed by atoms with Crippen molar-refractivity contribution in [2.75, 3.05) is 0 Å². The van der Waals surface area contributed by atoms with Gasteiger partial charge in [0.15, 0.2) is 11.6 Å². The Kier molecular flexibility index (Phi) is 5.53. The molecular formula is C25H24F2N4O2. The zero-order valence-corrected chi connectivity index (χ0v) is 18.8. The molecule has 0 atom stereocenters. The fourth-order valence-corrected chi connectivity index (χ4v) is 4.40. The van der Waals surface area contributed by atoms with Crippen LogP contribution < -0.4 is 11.3 Å². The maximum atomic E-state index is 13.8. The van der Waals surface area contributed by atoms with E-state index in [0.717, 1.165) is 12.1 Å². The van der Waals surface area contributed by atoms with Gasteiger partial charge in [-0.2, -0.15) is 0 Å². The lowest BCUT2D eigenvalue weighted by Gasteiger charge is -2.10. The van der Waals surface area contributed by atoms with Crippen molar-refractivity contribution in [2.24, 2.45) is 12.8 Å². The van der Waals surface area contributed by atoms with Crippen molar-refractivity contribution < 1.29 is 13.6 Å². The molecule has 0 aliphatic heterocycles. The number of aromatic nitrogens is 3. The number of hydrogen-bond acceptors (Lipinski definition) is 2. The minimum Gasteiger partial charge on any atom is -0.366 e. The first kappa shape index (κ1) is 22.3. The molecule has 0 saturated heterocycles. The minimum absolute atomic E-state index is 0.188. The van der Waals surface area contributed by atoms with Crippen molar-refractivity contribution in [3.8, 4) is 16.8 Å².